The number of amides is 1. The van der Waals surface area contributed by atoms with E-state index in [1.165, 1.54) is 4.68 Å². The molecule has 0 spiro atoms. The van der Waals surface area contributed by atoms with Gasteiger partial charge in [0, 0.05) is 31.6 Å². The van der Waals surface area contributed by atoms with Gasteiger partial charge < -0.3 is 14.7 Å². The van der Waals surface area contributed by atoms with Crippen molar-refractivity contribution < 1.29 is 19.4 Å². The molecule has 1 aromatic heterocycles. The second kappa shape index (κ2) is 8.70. The van der Waals surface area contributed by atoms with Crippen LogP contribution in [-0.4, -0.2) is 51.9 Å². The van der Waals surface area contributed by atoms with Crippen molar-refractivity contribution in [2.24, 2.45) is 0 Å². The number of carbonyl (C=O) groups excluding carboxylic acids is 1. The smallest absolute Gasteiger partial charge is 0.325 e. The minimum absolute atomic E-state index is 0.143. The Balaban J connectivity index is 1.56. The molecule has 0 aliphatic carbocycles. The highest BCUT2D eigenvalue weighted by Crippen LogP contribution is 2.26. The summed E-state index contributed by atoms with van der Waals surface area (Å²) in [4.78, 5) is 25.4. The summed E-state index contributed by atoms with van der Waals surface area (Å²) < 4.78 is 6.66. The largest absolute Gasteiger partial charge is 0.497 e. The van der Waals surface area contributed by atoms with E-state index in [-0.39, 0.29) is 18.4 Å². The van der Waals surface area contributed by atoms with Crippen molar-refractivity contribution in [3.63, 3.8) is 0 Å². The number of aryl methyl sites for hydroxylation is 1. The van der Waals surface area contributed by atoms with Crippen LogP contribution in [0.4, 0.5) is 0 Å². The minimum atomic E-state index is -0.914. The molecule has 3 rings (SSSR count). The SMILES string of the molecule is COc1cccc(CCC(=O)N2CCCC(c3ccn(CC(=O)O)n3)C2)c1. The zero-order valence-corrected chi connectivity index (χ0v) is 15.5. The molecule has 2 aromatic rings. The zero-order valence-electron chi connectivity index (χ0n) is 15.5. The second-order valence-electron chi connectivity index (χ2n) is 6.86. The molecule has 1 aliphatic rings. The maximum absolute atomic E-state index is 12.6. The third-order valence-corrected chi connectivity index (χ3v) is 4.91. The Hall–Kier alpha value is -2.83. The molecule has 1 amide bonds. The van der Waals surface area contributed by atoms with E-state index in [9.17, 15) is 9.59 Å². The summed E-state index contributed by atoms with van der Waals surface area (Å²) in [5.74, 6) is 0.194. The number of methoxy groups -OCH3 is 1. The summed E-state index contributed by atoms with van der Waals surface area (Å²) in [7, 11) is 1.63. The molecule has 1 saturated heterocycles. The number of benzene rings is 1. The second-order valence-corrected chi connectivity index (χ2v) is 6.86. The fourth-order valence-electron chi connectivity index (χ4n) is 3.50. The number of piperidine rings is 1. The standard InChI is InChI=1S/C20H25N3O4/c1-27-17-6-2-4-15(12-17)7-8-19(24)22-10-3-5-16(13-22)18-9-11-23(21-18)14-20(25)26/h2,4,6,9,11-12,16H,3,5,7-8,10,13-14H2,1H3,(H,25,26). The van der Waals surface area contributed by atoms with E-state index < -0.39 is 5.97 Å². The molecule has 1 unspecified atom stereocenters. The average molecular weight is 371 g/mol. The molecular weight excluding hydrogens is 346 g/mol. The quantitative estimate of drug-likeness (QED) is 0.807. The van der Waals surface area contributed by atoms with Crippen LogP contribution in [0, 0.1) is 0 Å². The molecule has 7 nitrogen and oxygen atoms in total. The fourth-order valence-corrected chi connectivity index (χ4v) is 3.50. The first-order chi connectivity index (χ1) is 13.0. The zero-order chi connectivity index (χ0) is 19.2. The predicted octanol–water partition coefficient (Wildman–Crippen LogP) is 2.32. The Bertz CT molecular complexity index is 802. The van der Waals surface area contributed by atoms with E-state index in [1.54, 1.807) is 13.3 Å². The summed E-state index contributed by atoms with van der Waals surface area (Å²) in [6.07, 6.45) is 4.73. The van der Waals surface area contributed by atoms with E-state index in [0.29, 0.717) is 19.4 Å². The molecule has 7 heteroatoms. The summed E-state index contributed by atoms with van der Waals surface area (Å²) in [5, 5.41) is 13.2. The first kappa shape index (κ1) is 18.9. The number of rotatable bonds is 7. The average Bonchev–Trinajstić information content (AvgIpc) is 3.14. The third kappa shape index (κ3) is 5.09. The van der Waals surface area contributed by atoms with E-state index in [4.69, 9.17) is 9.84 Å². The predicted molar refractivity (Wildman–Crippen MR) is 99.7 cm³/mol. The number of aromatic nitrogens is 2. The lowest BCUT2D eigenvalue weighted by Crippen LogP contribution is -2.39. The van der Waals surface area contributed by atoms with Crippen LogP contribution in [0.15, 0.2) is 36.5 Å². The molecule has 0 saturated carbocycles. The lowest BCUT2D eigenvalue weighted by Gasteiger charge is -2.32. The third-order valence-electron chi connectivity index (χ3n) is 4.91. The lowest BCUT2D eigenvalue weighted by atomic mass is 9.94. The van der Waals surface area contributed by atoms with Crippen molar-refractivity contribution in [1.29, 1.82) is 0 Å². The van der Waals surface area contributed by atoms with Crippen molar-refractivity contribution in [2.75, 3.05) is 20.2 Å². The van der Waals surface area contributed by atoms with Gasteiger partial charge in [-0.15, -0.1) is 0 Å². The van der Waals surface area contributed by atoms with E-state index >= 15 is 0 Å². The van der Waals surface area contributed by atoms with Crippen molar-refractivity contribution >= 4 is 11.9 Å². The first-order valence-corrected chi connectivity index (χ1v) is 9.21. The van der Waals surface area contributed by atoms with Crippen LogP contribution >= 0.6 is 0 Å². The summed E-state index contributed by atoms with van der Waals surface area (Å²) in [6, 6.07) is 9.65. The van der Waals surface area contributed by atoms with Gasteiger partial charge in [-0.2, -0.15) is 5.10 Å². The number of carboxylic acid groups (broad SMARTS) is 1. The van der Waals surface area contributed by atoms with E-state index in [1.807, 2.05) is 35.2 Å². The van der Waals surface area contributed by atoms with Gasteiger partial charge in [-0.1, -0.05) is 12.1 Å². The van der Waals surface area contributed by atoms with Crippen LogP contribution in [0.5, 0.6) is 5.75 Å². The molecule has 2 heterocycles. The number of aliphatic carboxylic acids is 1. The van der Waals surface area contributed by atoms with Gasteiger partial charge in [-0.3, -0.25) is 14.3 Å². The molecule has 27 heavy (non-hydrogen) atoms. The van der Waals surface area contributed by atoms with Crippen molar-refractivity contribution in [3.05, 3.63) is 47.8 Å². The Morgan fingerprint density at radius 2 is 2.19 bits per heavy atom. The molecule has 1 fully saturated rings. The van der Waals surface area contributed by atoms with Crippen LogP contribution in [0.25, 0.3) is 0 Å². The molecule has 1 aliphatic heterocycles. The highest BCUT2D eigenvalue weighted by molar-refractivity contribution is 5.76. The number of hydrogen-bond donors (Lipinski definition) is 1. The van der Waals surface area contributed by atoms with Crippen molar-refractivity contribution in [1.82, 2.24) is 14.7 Å². The van der Waals surface area contributed by atoms with Crippen LogP contribution in [0.2, 0.25) is 0 Å². The molecule has 1 aromatic carbocycles. The van der Waals surface area contributed by atoms with Gasteiger partial charge >= 0.3 is 5.97 Å². The number of carbonyl (C=O) groups is 2. The first-order valence-electron chi connectivity index (χ1n) is 9.21. The van der Waals surface area contributed by atoms with Crippen LogP contribution in [-0.2, 0) is 22.6 Å². The minimum Gasteiger partial charge on any atom is -0.497 e. The van der Waals surface area contributed by atoms with E-state index in [0.717, 1.165) is 36.4 Å². The van der Waals surface area contributed by atoms with Gasteiger partial charge in [-0.25, -0.2) is 0 Å². The van der Waals surface area contributed by atoms with Crippen molar-refractivity contribution in [2.45, 2.75) is 38.1 Å². The van der Waals surface area contributed by atoms with Gasteiger partial charge in [0.05, 0.1) is 12.8 Å². The van der Waals surface area contributed by atoms with Gasteiger partial charge in [0.2, 0.25) is 5.91 Å². The van der Waals surface area contributed by atoms with Gasteiger partial charge in [-0.05, 0) is 43.0 Å². The number of carboxylic acids is 1. The molecule has 0 bridgehead atoms. The Kier molecular flexibility index (Phi) is 6.11. The topological polar surface area (TPSA) is 84.7 Å². The van der Waals surface area contributed by atoms with Crippen LogP contribution < -0.4 is 4.74 Å². The van der Waals surface area contributed by atoms with Gasteiger partial charge in [0.25, 0.3) is 0 Å². The van der Waals surface area contributed by atoms with Crippen LogP contribution in [0.3, 0.4) is 0 Å². The monoisotopic (exact) mass is 371 g/mol. The number of ether oxygens (including phenoxy) is 1. The van der Waals surface area contributed by atoms with Crippen LogP contribution in [0.1, 0.15) is 36.4 Å². The lowest BCUT2D eigenvalue weighted by molar-refractivity contribution is -0.138. The molecule has 0 radical (unpaired) electrons. The molecular formula is C20H25N3O4. The molecule has 144 valence electrons. The maximum Gasteiger partial charge on any atom is 0.325 e. The fraction of sp³-hybridized carbons (Fsp3) is 0.450. The number of likely N-dealkylation sites (tertiary alicyclic amines) is 1. The highest BCUT2D eigenvalue weighted by atomic mass is 16.5. The Morgan fingerprint density at radius 3 is 2.96 bits per heavy atom. The maximum atomic E-state index is 12.6. The number of hydrogen-bond acceptors (Lipinski definition) is 4. The highest BCUT2D eigenvalue weighted by Gasteiger charge is 2.26. The summed E-state index contributed by atoms with van der Waals surface area (Å²) in [6.45, 7) is 1.26. The number of nitrogens with zero attached hydrogens (tertiary/aromatic N) is 3. The van der Waals surface area contributed by atoms with Gasteiger partial charge in [0.15, 0.2) is 0 Å². The van der Waals surface area contributed by atoms with E-state index in [2.05, 4.69) is 5.10 Å². The van der Waals surface area contributed by atoms with Gasteiger partial charge in [0.1, 0.15) is 12.3 Å². The molecule has 1 N–H and O–H groups in total. The Labute approximate surface area is 158 Å². The Morgan fingerprint density at radius 1 is 1.33 bits per heavy atom. The summed E-state index contributed by atoms with van der Waals surface area (Å²) in [5.41, 5.74) is 1.95. The molecule has 1 atom stereocenters. The summed E-state index contributed by atoms with van der Waals surface area (Å²) >= 11 is 0. The van der Waals surface area contributed by atoms with Crippen molar-refractivity contribution in [3.8, 4) is 5.75 Å². The normalized spacial score (nSPS) is 16.9.